The number of piperazine rings is 1. The van der Waals surface area contributed by atoms with Crippen molar-refractivity contribution in [1.29, 1.82) is 0 Å². The minimum atomic E-state index is -0.413. The van der Waals surface area contributed by atoms with Crippen molar-refractivity contribution >= 4 is 35.3 Å². The molecular formula is C10H18N2O2S2. The molecule has 6 heteroatoms. The fourth-order valence-electron chi connectivity index (χ4n) is 1.36. The average molecular weight is 264 g/mol. The molecular weight excluding hydrogens is 244 g/mol. The second-order valence-corrected chi connectivity index (χ2v) is 4.96. The van der Waals surface area contributed by atoms with Crippen molar-refractivity contribution in [3.05, 3.63) is 0 Å². The SMILES string of the molecule is [2H]C(CN1CC(=O)N(CC([2H])SC)CC1=O)SC. The van der Waals surface area contributed by atoms with E-state index in [2.05, 4.69) is 0 Å². The lowest BCUT2D eigenvalue weighted by Gasteiger charge is -2.33. The van der Waals surface area contributed by atoms with Gasteiger partial charge in [-0.15, -0.1) is 0 Å². The monoisotopic (exact) mass is 264 g/mol. The molecule has 1 fully saturated rings. The van der Waals surface area contributed by atoms with Gasteiger partial charge in [0.1, 0.15) is 0 Å². The highest BCUT2D eigenvalue weighted by molar-refractivity contribution is 7.98. The summed E-state index contributed by atoms with van der Waals surface area (Å²) in [4.78, 5) is 26.6. The molecule has 0 saturated carbocycles. The van der Waals surface area contributed by atoms with Crippen LogP contribution in [0.2, 0.25) is 0 Å². The van der Waals surface area contributed by atoms with Crippen molar-refractivity contribution in [2.24, 2.45) is 0 Å². The summed E-state index contributed by atoms with van der Waals surface area (Å²) in [5.74, 6) is -0.261. The van der Waals surface area contributed by atoms with E-state index in [1.165, 1.54) is 33.3 Å². The van der Waals surface area contributed by atoms with Gasteiger partial charge in [0.05, 0.1) is 13.1 Å². The van der Waals surface area contributed by atoms with E-state index in [4.69, 9.17) is 2.74 Å². The molecule has 0 radical (unpaired) electrons. The number of thioether (sulfide) groups is 2. The van der Waals surface area contributed by atoms with E-state index in [9.17, 15) is 9.59 Å². The van der Waals surface area contributed by atoms with Gasteiger partial charge in [0.2, 0.25) is 11.8 Å². The van der Waals surface area contributed by atoms with E-state index in [0.717, 1.165) is 0 Å². The number of carbonyl (C=O) groups is 2. The summed E-state index contributed by atoms with van der Waals surface area (Å²) in [6.45, 7) is 0.643. The standard InChI is InChI=1S/C10H18N2O2S2/c1-15-5-3-11-7-10(14)12(4-6-16-2)8-9(11)13/h3-8H2,1-2H3/i5D,6D. The van der Waals surface area contributed by atoms with Gasteiger partial charge < -0.3 is 9.80 Å². The Kier molecular flexibility index (Phi) is 4.75. The molecule has 1 aliphatic rings. The maximum atomic E-state index is 11.8. The Bertz CT molecular complexity index is 290. The number of nitrogens with zero attached hydrogens (tertiary/aromatic N) is 2. The van der Waals surface area contributed by atoms with Gasteiger partial charge >= 0.3 is 0 Å². The van der Waals surface area contributed by atoms with Crippen molar-refractivity contribution in [1.82, 2.24) is 9.80 Å². The van der Waals surface area contributed by atoms with Crippen molar-refractivity contribution < 1.29 is 12.3 Å². The smallest absolute Gasteiger partial charge is 0.242 e. The van der Waals surface area contributed by atoms with E-state index >= 15 is 0 Å². The van der Waals surface area contributed by atoms with Crippen LogP contribution < -0.4 is 0 Å². The summed E-state index contributed by atoms with van der Waals surface area (Å²) in [5, 5.41) is 0. The van der Waals surface area contributed by atoms with Crippen LogP contribution >= 0.6 is 23.5 Å². The maximum Gasteiger partial charge on any atom is 0.242 e. The molecule has 0 aromatic rings. The van der Waals surface area contributed by atoms with E-state index in [1.807, 2.05) is 12.5 Å². The van der Waals surface area contributed by atoms with Gasteiger partial charge in [-0.2, -0.15) is 23.5 Å². The van der Waals surface area contributed by atoms with Crippen LogP contribution in [0, 0.1) is 0 Å². The summed E-state index contributed by atoms with van der Waals surface area (Å²) in [7, 11) is 0. The molecule has 2 amide bonds. The Hall–Kier alpha value is -0.360. The van der Waals surface area contributed by atoms with E-state index < -0.39 is 11.5 Å². The van der Waals surface area contributed by atoms with Gasteiger partial charge in [0.25, 0.3) is 0 Å². The number of rotatable bonds is 6. The van der Waals surface area contributed by atoms with Gasteiger partial charge in [0, 0.05) is 27.3 Å². The van der Waals surface area contributed by atoms with Crippen molar-refractivity contribution in [2.75, 3.05) is 50.1 Å². The Labute approximate surface area is 108 Å². The highest BCUT2D eigenvalue weighted by Gasteiger charge is 2.28. The second-order valence-electron chi connectivity index (χ2n) is 3.35. The predicted molar refractivity (Wildman–Crippen MR) is 69.9 cm³/mol. The van der Waals surface area contributed by atoms with Crippen LogP contribution in [0.15, 0.2) is 0 Å². The first-order valence-corrected chi connectivity index (χ1v) is 7.51. The summed E-state index contributed by atoms with van der Waals surface area (Å²) >= 11 is 2.70. The Morgan fingerprint density at radius 2 is 1.44 bits per heavy atom. The van der Waals surface area contributed by atoms with Crippen LogP contribution in [0.5, 0.6) is 0 Å². The molecule has 1 heterocycles. The lowest BCUT2D eigenvalue weighted by molar-refractivity contribution is -0.149. The summed E-state index contributed by atoms with van der Waals surface area (Å²) in [6, 6.07) is 0. The first kappa shape index (κ1) is 10.8. The molecule has 0 aromatic carbocycles. The summed E-state index contributed by atoms with van der Waals surface area (Å²) in [6.07, 6.45) is 3.62. The highest BCUT2D eigenvalue weighted by atomic mass is 32.2. The van der Waals surface area contributed by atoms with Crippen molar-refractivity contribution in [3.8, 4) is 0 Å². The summed E-state index contributed by atoms with van der Waals surface area (Å²) in [5.41, 5.74) is -0.827. The zero-order chi connectivity index (χ0) is 13.7. The fraction of sp³-hybridized carbons (Fsp3) is 0.800. The van der Waals surface area contributed by atoms with Gasteiger partial charge in [-0.3, -0.25) is 9.59 Å². The number of carbonyl (C=O) groups excluding carboxylic acids is 2. The normalized spacial score (nSPS) is 22.9. The fourth-order valence-corrected chi connectivity index (χ4v) is 2.02. The molecule has 0 aromatic heterocycles. The Morgan fingerprint density at radius 1 is 1.06 bits per heavy atom. The summed E-state index contributed by atoms with van der Waals surface area (Å²) < 4.78 is 15.2. The lowest BCUT2D eigenvalue weighted by Crippen LogP contribution is -2.54. The topological polar surface area (TPSA) is 40.6 Å². The van der Waals surface area contributed by atoms with Gasteiger partial charge in [-0.1, -0.05) is 0 Å². The van der Waals surface area contributed by atoms with Crippen LogP contribution in [-0.2, 0) is 9.59 Å². The molecule has 1 saturated heterocycles. The minimum Gasteiger partial charge on any atom is -0.331 e. The van der Waals surface area contributed by atoms with Crippen LogP contribution in [-0.4, -0.2) is 71.8 Å². The second kappa shape index (κ2) is 7.06. The van der Waals surface area contributed by atoms with Crippen LogP contribution in [0.1, 0.15) is 2.74 Å². The Morgan fingerprint density at radius 3 is 1.75 bits per heavy atom. The van der Waals surface area contributed by atoms with E-state index in [0.29, 0.717) is 0 Å². The molecule has 2 atom stereocenters. The number of hydrogen-bond acceptors (Lipinski definition) is 4. The zero-order valence-corrected chi connectivity index (χ0v) is 11.1. The van der Waals surface area contributed by atoms with Crippen LogP contribution in [0.25, 0.3) is 0 Å². The van der Waals surface area contributed by atoms with Gasteiger partial charge in [0.15, 0.2) is 0 Å². The van der Waals surface area contributed by atoms with Gasteiger partial charge in [-0.25, -0.2) is 0 Å². The van der Waals surface area contributed by atoms with Crippen molar-refractivity contribution in [2.45, 2.75) is 0 Å². The average Bonchev–Trinajstić information content (AvgIpc) is 2.34. The first-order chi connectivity index (χ1) is 8.47. The van der Waals surface area contributed by atoms with E-state index in [1.54, 1.807) is 0 Å². The largest absolute Gasteiger partial charge is 0.331 e. The molecule has 0 aliphatic carbocycles. The third-order valence-electron chi connectivity index (χ3n) is 2.28. The highest BCUT2D eigenvalue weighted by Crippen LogP contribution is 2.07. The van der Waals surface area contributed by atoms with E-state index in [-0.39, 0.29) is 38.0 Å². The maximum absolute atomic E-state index is 11.8. The molecule has 16 heavy (non-hydrogen) atoms. The lowest BCUT2D eigenvalue weighted by atomic mass is 10.3. The van der Waals surface area contributed by atoms with Gasteiger partial charge in [-0.05, 0) is 12.5 Å². The third-order valence-corrected chi connectivity index (χ3v) is 3.25. The molecule has 0 bridgehead atoms. The third kappa shape index (κ3) is 3.90. The number of amides is 2. The first-order valence-electron chi connectivity index (χ1n) is 6.09. The molecule has 4 nitrogen and oxygen atoms in total. The molecule has 0 spiro atoms. The molecule has 2 unspecified atom stereocenters. The van der Waals surface area contributed by atoms with Crippen LogP contribution in [0.4, 0.5) is 0 Å². The zero-order valence-electron chi connectivity index (χ0n) is 11.5. The van der Waals surface area contributed by atoms with Crippen LogP contribution in [0.3, 0.4) is 0 Å². The molecule has 0 N–H and O–H groups in total. The number of hydrogen-bond donors (Lipinski definition) is 0. The molecule has 92 valence electrons. The quantitative estimate of drug-likeness (QED) is 0.695. The molecule has 1 rings (SSSR count). The Balaban J connectivity index is 2.54. The van der Waals surface area contributed by atoms with Crippen molar-refractivity contribution in [3.63, 3.8) is 0 Å². The minimum absolute atomic E-state index is 0.0376. The predicted octanol–water partition coefficient (Wildman–Crippen LogP) is 0.383. The molecule has 1 aliphatic heterocycles.